The van der Waals surface area contributed by atoms with E-state index in [-0.39, 0.29) is 11.5 Å². The van der Waals surface area contributed by atoms with E-state index < -0.39 is 0 Å². The van der Waals surface area contributed by atoms with Crippen LogP contribution in [0.4, 0.5) is 0 Å². The largest absolute Gasteiger partial charge is 0.456 e. The zero-order valence-corrected chi connectivity index (χ0v) is 15.3. The number of carbonyl (C=O) groups is 1. The summed E-state index contributed by atoms with van der Waals surface area (Å²) in [5.74, 6) is 1.27. The molecule has 1 aromatic heterocycles. The van der Waals surface area contributed by atoms with Gasteiger partial charge < -0.3 is 14.1 Å². The Bertz CT molecular complexity index is 598. The van der Waals surface area contributed by atoms with Gasteiger partial charge in [0.1, 0.15) is 5.76 Å². The molecule has 1 saturated carbocycles. The van der Waals surface area contributed by atoms with Gasteiger partial charge in [-0.15, -0.1) is 0 Å². The number of hydrogen-bond donors (Lipinski definition) is 0. The first kappa shape index (κ1) is 17.1. The maximum atomic E-state index is 12.5. The van der Waals surface area contributed by atoms with Gasteiger partial charge in [-0.2, -0.15) is 0 Å². The summed E-state index contributed by atoms with van der Waals surface area (Å²) in [5, 5.41) is 0. The fourth-order valence-electron chi connectivity index (χ4n) is 4.71. The van der Waals surface area contributed by atoms with E-state index in [1.54, 1.807) is 6.07 Å². The van der Waals surface area contributed by atoms with E-state index in [9.17, 15) is 4.79 Å². The van der Waals surface area contributed by atoms with Crippen LogP contribution >= 0.6 is 0 Å². The summed E-state index contributed by atoms with van der Waals surface area (Å²) in [6.45, 7) is 6.29. The highest BCUT2D eigenvalue weighted by Crippen LogP contribution is 2.42. The highest BCUT2D eigenvalue weighted by Gasteiger charge is 2.41. The van der Waals surface area contributed by atoms with Gasteiger partial charge in [-0.25, -0.2) is 0 Å². The topological polar surface area (TPSA) is 45.9 Å². The van der Waals surface area contributed by atoms with Crippen LogP contribution in [0.25, 0.3) is 0 Å². The van der Waals surface area contributed by atoms with Gasteiger partial charge in [0, 0.05) is 32.7 Å². The average molecular weight is 346 g/mol. The first-order valence-electron chi connectivity index (χ1n) is 9.89. The van der Waals surface area contributed by atoms with Crippen LogP contribution in [0.1, 0.15) is 61.3 Å². The molecule has 1 spiro atoms. The minimum absolute atomic E-state index is 0.0195. The molecule has 4 rings (SSSR count). The lowest BCUT2D eigenvalue weighted by molar-refractivity contribution is -0.0737. The standard InChI is InChI=1S/C20H30N2O3/c1-16-5-6-18(24-16)19(23)22-13-11-21(12-14-22)15-17-7-10-20(25-17)8-3-2-4-9-20/h5-6,17H,2-4,7-15H2,1H3/t17-/m0/s1. The van der Waals surface area contributed by atoms with Gasteiger partial charge in [0.25, 0.3) is 5.91 Å². The number of carbonyl (C=O) groups excluding carboxylic acids is 1. The van der Waals surface area contributed by atoms with Gasteiger partial charge in [-0.1, -0.05) is 19.3 Å². The quantitative estimate of drug-likeness (QED) is 0.843. The van der Waals surface area contributed by atoms with Gasteiger partial charge in [0.2, 0.25) is 0 Å². The second-order valence-corrected chi connectivity index (χ2v) is 8.03. The van der Waals surface area contributed by atoms with Crippen molar-refractivity contribution in [3.63, 3.8) is 0 Å². The van der Waals surface area contributed by atoms with Crippen LogP contribution in [-0.4, -0.2) is 60.1 Å². The van der Waals surface area contributed by atoms with Crippen molar-refractivity contribution in [2.45, 2.75) is 63.6 Å². The fourth-order valence-corrected chi connectivity index (χ4v) is 4.71. The third-order valence-electron chi connectivity index (χ3n) is 6.18. The van der Waals surface area contributed by atoms with Gasteiger partial charge in [0.15, 0.2) is 5.76 Å². The molecule has 0 bridgehead atoms. The number of nitrogens with zero attached hydrogens (tertiary/aromatic N) is 2. The van der Waals surface area contributed by atoms with Crippen molar-refractivity contribution in [1.29, 1.82) is 0 Å². The van der Waals surface area contributed by atoms with E-state index >= 15 is 0 Å². The lowest BCUT2D eigenvalue weighted by atomic mass is 9.83. The van der Waals surface area contributed by atoms with Crippen LogP contribution in [0.2, 0.25) is 0 Å². The van der Waals surface area contributed by atoms with E-state index in [0.29, 0.717) is 11.9 Å². The van der Waals surface area contributed by atoms with Gasteiger partial charge >= 0.3 is 0 Å². The van der Waals surface area contributed by atoms with Crippen LogP contribution in [0, 0.1) is 6.92 Å². The molecule has 2 aliphatic heterocycles. The molecule has 1 aliphatic carbocycles. The third-order valence-corrected chi connectivity index (χ3v) is 6.18. The minimum atomic E-state index is 0.0195. The Morgan fingerprint density at radius 2 is 1.88 bits per heavy atom. The Balaban J connectivity index is 1.25. The summed E-state index contributed by atoms with van der Waals surface area (Å²) in [4.78, 5) is 16.8. The highest BCUT2D eigenvalue weighted by molar-refractivity contribution is 5.91. The molecule has 25 heavy (non-hydrogen) atoms. The number of furan rings is 1. The van der Waals surface area contributed by atoms with Crippen LogP contribution in [0.5, 0.6) is 0 Å². The predicted octanol–water partition coefficient (Wildman–Crippen LogP) is 3.23. The molecule has 5 nitrogen and oxygen atoms in total. The van der Waals surface area contributed by atoms with E-state index in [1.165, 1.54) is 44.9 Å². The molecule has 0 radical (unpaired) electrons. The number of aryl methyl sites for hydroxylation is 1. The van der Waals surface area contributed by atoms with Crippen molar-refractivity contribution in [2.75, 3.05) is 32.7 Å². The van der Waals surface area contributed by atoms with Crippen LogP contribution in [-0.2, 0) is 4.74 Å². The SMILES string of the molecule is Cc1ccc(C(=O)N2CCN(C[C@@H]3CCC4(CCCCC4)O3)CC2)o1. The maximum Gasteiger partial charge on any atom is 0.289 e. The molecule has 138 valence electrons. The van der Waals surface area contributed by atoms with E-state index in [2.05, 4.69) is 4.90 Å². The Labute approximate surface area is 150 Å². The number of ether oxygens (including phenoxy) is 1. The molecular weight excluding hydrogens is 316 g/mol. The van der Waals surface area contributed by atoms with Crippen molar-refractivity contribution >= 4 is 5.91 Å². The van der Waals surface area contributed by atoms with Gasteiger partial charge in [-0.05, 0) is 44.7 Å². The number of hydrogen-bond acceptors (Lipinski definition) is 4. The van der Waals surface area contributed by atoms with Crippen molar-refractivity contribution < 1.29 is 13.9 Å². The number of piperazine rings is 1. The first-order chi connectivity index (χ1) is 12.1. The smallest absolute Gasteiger partial charge is 0.289 e. The summed E-state index contributed by atoms with van der Waals surface area (Å²) >= 11 is 0. The molecule has 3 fully saturated rings. The van der Waals surface area contributed by atoms with Crippen LogP contribution in [0.15, 0.2) is 16.5 Å². The van der Waals surface area contributed by atoms with Crippen molar-refractivity contribution in [1.82, 2.24) is 9.80 Å². The molecular formula is C20H30N2O3. The third kappa shape index (κ3) is 3.77. The Kier molecular flexibility index (Phi) is 4.87. The van der Waals surface area contributed by atoms with Gasteiger partial charge in [-0.3, -0.25) is 9.69 Å². The van der Waals surface area contributed by atoms with E-state index in [1.807, 2.05) is 17.9 Å². The van der Waals surface area contributed by atoms with Crippen molar-refractivity contribution in [3.8, 4) is 0 Å². The Morgan fingerprint density at radius 1 is 1.12 bits per heavy atom. The highest BCUT2D eigenvalue weighted by atomic mass is 16.5. The maximum absolute atomic E-state index is 12.5. The second-order valence-electron chi connectivity index (χ2n) is 8.03. The normalized spacial score (nSPS) is 27.1. The molecule has 5 heteroatoms. The van der Waals surface area contributed by atoms with E-state index in [4.69, 9.17) is 9.15 Å². The Morgan fingerprint density at radius 3 is 2.56 bits per heavy atom. The molecule has 3 heterocycles. The molecule has 2 saturated heterocycles. The van der Waals surface area contributed by atoms with Gasteiger partial charge in [0.05, 0.1) is 11.7 Å². The van der Waals surface area contributed by atoms with E-state index in [0.717, 1.165) is 38.5 Å². The zero-order valence-electron chi connectivity index (χ0n) is 15.3. The fraction of sp³-hybridized carbons (Fsp3) is 0.750. The summed E-state index contributed by atoms with van der Waals surface area (Å²) in [6.07, 6.45) is 9.38. The summed E-state index contributed by atoms with van der Waals surface area (Å²) in [5.41, 5.74) is 0.206. The predicted molar refractivity (Wildman–Crippen MR) is 95.7 cm³/mol. The van der Waals surface area contributed by atoms with Crippen molar-refractivity contribution in [3.05, 3.63) is 23.7 Å². The second kappa shape index (κ2) is 7.12. The number of rotatable bonds is 3. The summed E-state index contributed by atoms with van der Waals surface area (Å²) < 4.78 is 12.0. The van der Waals surface area contributed by atoms with Crippen molar-refractivity contribution in [2.24, 2.45) is 0 Å². The minimum Gasteiger partial charge on any atom is -0.456 e. The Hall–Kier alpha value is -1.33. The average Bonchev–Trinajstić information content (AvgIpc) is 3.23. The molecule has 3 aliphatic rings. The lowest BCUT2D eigenvalue weighted by Crippen LogP contribution is -2.50. The summed E-state index contributed by atoms with van der Waals surface area (Å²) in [7, 11) is 0. The molecule has 1 aromatic rings. The number of amides is 1. The molecule has 1 atom stereocenters. The monoisotopic (exact) mass is 346 g/mol. The lowest BCUT2D eigenvalue weighted by Gasteiger charge is -2.37. The molecule has 1 amide bonds. The molecule has 0 unspecified atom stereocenters. The zero-order chi connectivity index (χ0) is 17.3. The van der Waals surface area contributed by atoms with Crippen LogP contribution < -0.4 is 0 Å². The van der Waals surface area contributed by atoms with Crippen LogP contribution in [0.3, 0.4) is 0 Å². The first-order valence-corrected chi connectivity index (χ1v) is 9.89. The molecule has 0 N–H and O–H groups in total. The molecule has 0 aromatic carbocycles. The summed E-state index contributed by atoms with van der Waals surface area (Å²) in [6, 6.07) is 3.63.